The molecule has 0 aromatic rings. The van der Waals surface area contributed by atoms with Crippen LogP contribution in [0.15, 0.2) is 12.2 Å². The third-order valence-electron chi connectivity index (χ3n) is 17.0. The van der Waals surface area contributed by atoms with Crippen LogP contribution in [0.2, 0.25) is 0 Å². The minimum atomic E-state index is -1.65. The Morgan fingerprint density at radius 3 is 1.38 bits per heavy atom. The Labute approximate surface area is 549 Å². The highest BCUT2D eigenvalue weighted by atomic mass is 32.2. The zero-order valence-corrected chi connectivity index (χ0v) is 60.7. The molecule has 1 aliphatic heterocycles. The lowest BCUT2D eigenvalue weighted by Gasteiger charge is -2.41. The maximum absolute atomic E-state index is 15.3. The quantitative estimate of drug-likeness (QED) is 0.0790. The molecule has 1 saturated heterocycles. The van der Waals surface area contributed by atoms with Gasteiger partial charge in [-0.1, -0.05) is 102 Å². The lowest BCUT2D eigenvalue weighted by atomic mass is 9.91. The zero-order valence-electron chi connectivity index (χ0n) is 59.8. The van der Waals surface area contributed by atoms with Gasteiger partial charge in [-0.25, -0.2) is 0 Å². The van der Waals surface area contributed by atoms with Crippen molar-refractivity contribution in [2.45, 2.75) is 248 Å². The normalized spacial score (nSPS) is 26.9. The molecule has 24 nitrogen and oxygen atoms in total. The number of allylic oxidation sites excluding steroid dienone is 2. The molecule has 25 heteroatoms. The smallest absolute Gasteiger partial charge is 0.246 e. The second-order valence-corrected chi connectivity index (χ2v) is 28.9. The van der Waals surface area contributed by atoms with E-state index >= 15 is 28.8 Å². The highest BCUT2D eigenvalue weighted by Gasteiger charge is 2.47. The Hall–Kier alpha value is -5.82. The standard InChI is InChI=1S/C66H119N11O13S/c1-26-29-30-42(14)54(78)53-58(82)69-45(28-3)60(84)75(23)50(36-91-31-27-2)63(87)74(22)49(35-66(17,18)90)57(81)70-51(40(10)11)64(88)71(19)46(32-37(4)5)56(80)67-43(15)55(79)68-44(16)59(83)72(20)47(33-38(6)7)61(85)73(21)48(34-39(8)9)62(86)76(24)52(41(12)13)65(89)77(53)25/h26,29,37-54,78,90H,27-28,30-36H2,1-25H3,(H,67,80)(H,68,79)(H,69,82)(H,70,81)/b29-26+/t42-,43+,44-,45+,46+,47+,48+,49+,50-,51+,52+,53+,54-/m1/s1. The van der Waals surface area contributed by atoms with Crippen LogP contribution in [-0.2, 0) is 52.7 Å². The Morgan fingerprint density at radius 2 is 0.923 bits per heavy atom. The summed E-state index contributed by atoms with van der Waals surface area (Å²) in [5.41, 5.74) is -1.57. The summed E-state index contributed by atoms with van der Waals surface area (Å²) in [7, 11) is 9.85. The summed E-state index contributed by atoms with van der Waals surface area (Å²) in [4.78, 5) is 172. The van der Waals surface area contributed by atoms with E-state index in [1.807, 2.05) is 48.5 Å². The molecule has 1 rings (SSSR count). The lowest BCUT2D eigenvalue weighted by molar-refractivity contribution is -0.157. The molecule has 522 valence electrons. The molecule has 11 amide bonds. The number of aliphatic hydroxyl groups is 2. The van der Waals surface area contributed by atoms with Crippen molar-refractivity contribution >= 4 is 76.7 Å². The molecule has 13 atom stereocenters. The van der Waals surface area contributed by atoms with E-state index in [-0.39, 0.29) is 55.6 Å². The SMILES string of the molecule is C/C=C/C[C@@H](C)[C@@H](O)[C@H]1C(=O)N[C@@H](CC)C(=O)N(C)[C@H](CSCCC)C(=O)N(C)[C@@H](CC(C)(C)O)C(=O)N[C@@H](C(C)C)C(=O)N(C)[C@@H](CC(C)C)C(=O)N[C@@H](C)C(=O)N[C@H](C)C(=O)N(C)[C@@H](CC(C)C)C(=O)N(C)[C@@H](CC(C)C)C(=O)N(C)[C@@H](C(C)C)C(=O)N1C. The van der Waals surface area contributed by atoms with Gasteiger partial charge in [0.25, 0.3) is 0 Å². The molecule has 1 fully saturated rings. The van der Waals surface area contributed by atoms with Gasteiger partial charge in [0.15, 0.2) is 0 Å². The fourth-order valence-corrected chi connectivity index (χ4v) is 12.4. The maximum Gasteiger partial charge on any atom is 0.246 e. The Morgan fingerprint density at radius 1 is 0.495 bits per heavy atom. The Bertz CT molecular complexity index is 2490. The van der Waals surface area contributed by atoms with Crippen LogP contribution in [-0.4, -0.2) is 248 Å². The number of amides is 11. The molecular weight excluding hydrogens is 1190 g/mol. The average Bonchev–Trinajstić information content (AvgIpc) is 0.830. The van der Waals surface area contributed by atoms with Gasteiger partial charge < -0.3 is 65.8 Å². The first-order chi connectivity index (χ1) is 42.0. The van der Waals surface area contributed by atoms with Crippen LogP contribution in [0.25, 0.3) is 0 Å². The first-order valence-electron chi connectivity index (χ1n) is 32.6. The molecule has 0 spiro atoms. The number of thioether (sulfide) groups is 1. The van der Waals surface area contributed by atoms with Crippen molar-refractivity contribution in [2.75, 3.05) is 60.8 Å². The number of aliphatic hydroxyl groups excluding tert-OH is 1. The largest absolute Gasteiger partial charge is 0.390 e. The summed E-state index contributed by atoms with van der Waals surface area (Å²) in [5.74, 6) is -9.59. The molecular formula is C66H119N11O13S. The van der Waals surface area contributed by atoms with E-state index in [0.29, 0.717) is 18.6 Å². The molecule has 0 aliphatic carbocycles. The Kier molecular flexibility index (Phi) is 34.5. The fraction of sp³-hybridized carbons (Fsp3) is 0.803. The highest BCUT2D eigenvalue weighted by Crippen LogP contribution is 2.27. The van der Waals surface area contributed by atoms with Gasteiger partial charge in [-0.15, -0.1) is 0 Å². The zero-order chi connectivity index (χ0) is 70.6. The number of hydrogen-bond donors (Lipinski definition) is 6. The van der Waals surface area contributed by atoms with Crippen molar-refractivity contribution in [3.8, 4) is 0 Å². The van der Waals surface area contributed by atoms with Crippen molar-refractivity contribution < 1.29 is 63.0 Å². The first-order valence-corrected chi connectivity index (χ1v) is 33.8. The van der Waals surface area contributed by atoms with Gasteiger partial charge in [0.1, 0.15) is 66.5 Å². The second kappa shape index (κ2) is 37.8. The third-order valence-corrected chi connectivity index (χ3v) is 18.3. The van der Waals surface area contributed by atoms with Crippen LogP contribution in [0.3, 0.4) is 0 Å². The summed E-state index contributed by atoms with van der Waals surface area (Å²) >= 11 is 1.38. The van der Waals surface area contributed by atoms with Gasteiger partial charge in [-0.2, -0.15) is 11.8 Å². The van der Waals surface area contributed by atoms with Crippen LogP contribution >= 0.6 is 11.8 Å². The molecule has 91 heavy (non-hydrogen) atoms. The monoisotopic (exact) mass is 1310 g/mol. The van der Waals surface area contributed by atoms with E-state index in [1.165, 1.54) is 113 Å². The van der Waals surface area contributed by atoms with E-state index in [4.69, 9.17) is 0 Å². The summed E-state index contributed by atoms with van der Waals surface area (Å²) in [6.45, 7) is 30.9. The summed E-state index contributed by atoms with van der Waals surface area (Å²) in [6, 6.07) is -14.3. The van der Waals surface area contributed by atoms with Crippen LogP contribution < -0.4 is 21.3 Å². The van der Waals surface area contributed by atoms with E-state index in [1.54, 1.807) is 60.6 Å². The number of nitrogens with one attached hydrogen (secondary N) is 4. The molecule has 0 saturated carbocycles. The molecule has 1 aliphatic rings. The highest BCUT2D eigenvalue weighted by molar-refractivity contribution is 7.99. The molecule has 0 aromatic carbocycles. The van der Waals surface area contributed by atoms with Gasteiger partial charge in [-0.3, -0.25) is 52.7 Å². The third kappa shape index (κ3) is 23.9. The van der Waals surface area contributed by atoms with E-state index in [0.717, 1.165) is 9.80 Å². The number of hydrogen-bond acceptors (Lipinski definition) is 14. The fourth-order valence-electron chi connectivity index (χ4n) is 11.3. The van der Waals surface area contributed by atoms with Crippen molar-refractivity contribution in [1.82, 2.24) is 55.6 Å². The second-order valence-electron chi connectivity index (χ2n) is 27.8. The van der Waals surface area contributed by atoms with E-state index in [9.17, 15) is 34.2 Å². The predicted molar refractivity (Wildman–Crippen MR) is 356 cm³/mol. The average molecular weight is 1310 g/mol. The maximum atomic E-state index is 15.3. The topological polar surface area (TPSA) is 299 Å². The van der Waals surface area contributed by atoms with Crippen LogP contribution in [0, 0.1) is 35.5 Å². The van der Waals surface area contributed by atoms with Gasteiger partial charge >= 0.3 is 0 Å². The van der Waals surface area contributed by atoms with Crippen molar-refractivity contribution in [2.24, 2.45) is 35.5 Å². The minimum absolute atomic E-state index is 0.0186. The predicted octanol–water partition coefficient (Wildman–Crippen LogP) is 3.90. The van der Waals surface area contributed by atoms with Gasteiger partial charge in [-0.05, 0) is 114 Å². The summed E-state index contributed by atoms with van der Waals surface area (Å²) < 4.78 is 0. The van der Waals surface area contributed by atoms with E-state index < -0.39 is 161 Å². The lowest BCUT2D eigenvalue weighted by Crippen LogP contribution is -2.64. The molecule has 0 aromatic heterocycles. The van der Waals surface area contributed by atoms with Gasteiger partial charge in [0.05, 0.1) is 11.7 Å². The van der Waals surface area contributed by atoms with Crippen molar-refractivity contribution in [3.05, 3.63) is 12.2 Å². The first kappa shape index (κ1) is 83.2. The number of nitrogens with zero attached hydrogens (tertiary/aromatic N) is 7. The number of likely N-dealkylation sites (N-methyl/N-ethyl adjacent to an activating group) is 7. The number of rotatable bonds is 19. The van der Waals surface area contributed by atoms with Crippen molar-refractivity contribution in [3.63, 3.8) is 0 Å². The summed E-state index contributed by atoms with van der Waals surface area (Å²) in [5, 5.41) is 34.6. The molecule has 0 radical (unpaired) electrons. The molecule has 6 N–H and O–H groups in total. The minimum Gasteiger partial charge on any atom is -0.390 e. The van der Waals surface area contributed by atoms with Gasteiger partial charge in [0, 0.05) is 61.5 Å². The van der Waals surface area contributed by atoms with Crippen LogP contribution in [0.4, 0.5) is 0 Å². The molecule has 0 bridgehead atoms. The van der Waals surface area contributed by atoms with E-state index in [2.05, 4.69) is 21.3 Å². The molecule has 0 unspecified atom stereocenters. The van der Waals surface area contributed by atoms with Crippen LogP contribution in [0.1, 0.15) is 170 Å². The van der Waals surface area contributed by atoms with Crippen LogP contribution in [0.5, 0.6) is 0 Å². The van der Waals surface area contributed by atoms with Crippen molar-refractivity contribution in [1.29, 1.82) is 0 Å². The number of carbonyl (C=O) groups excluding carboxylic acids is 11. The van der Waals surface area contributed by atoms with Gasteiger partial charge in [0.2, 0.25) is 65.0 Å². The molecule has 1 heterocycles. The summed E-state index contributed by atoms with van der Waals surface area (Å²) in [6.07, 6.45) is 3.10. The number of carbonyl (C=O) groups is 11. The Balaban J connectivity index is 4.53.